The van der Waals surface area contributed by atoms with Crippen LogP contribution in [0.15, 0.2) is 84.4 Å². The van der Waals surface area contributed by atoms with E-state index in [1.807, 2.05) is 61.5 Å². The molecule has 2 N–H and O–H groups in total. The van der Waals surface area contributed by atoms with Gasteiger partial charge in [0, 0.05) is 12.2 Å². The number of nitrogens with zero attached hydrogens (tertiary/aromatic N) is 1. The normalized spacial score (nSPS) is 15.0. The molecule has 39 heavy (non-hydrogen) atoms. The molecule has 3 amide bonds. The Kier molecular flexibility index (Phi) is 8.99. The number of anilines is 1. The predicted octanol–water partition coefficient (Wildman–Crippen LogP) is 5.33. The minimum Gasteiger partial charge on any atom is -0.497 e. The zero-order valence-electron chi connectivity index (χ0n) is 22.4. The fourth-order valence-electron chi connectivity index (χ4n) is 4.57. The van der Waals surface area contributed by atoms with Crippen LogP contribution in [0.2, 0.25) is 0 Å². The second-order valence-electron chi connectivity index (χ2n) is 9.08. The number of benzene rings is 3. The van der Waals surface area contributed by atoms with Crippen LogP contribution in [0.4, 0.5) is 10.5 Å². The zero-order chi connectivity index (χ0) is 27.8. The summed E-state index contributed by atoms with van der Waals surface area (Å²) < 4.78 is 10.6. The van der Waals surface area contributed by atoms with E-state index in [1.165, 1.54) is 0 Å². The quantitative estimate of drug-likeness (QED) is 0.348. The number of ether oxygens (including phenoxy) is 2. The molecular weight excluding hydrogens is 494 g/mol. The number of rotatable bonds is 10. The zero-order valence-corrected chi connectivity index (χ0v) is 22.4. The largest absolute Gasteiger partial charge is 0.497 e. The molecule has 1 aliphatic rings. The highest BCUT2D eigenvalue weighted by Crippen LogP contribution is 2.37. The van der Waals surface area contributed by atoms with Crippen molar-refractivity contribution in [3.05, 3.63) is 101 Å². The van der Waals surface area contributed by atoms with Gasteiger partial charge in [-0.3, -0.25) is 9.69 Å². The van der Waals surface area contributed by atoms with Crippen LogP contribution in [0.3, 0.4) is 0 Å². The van der Waals surface area contributed by atoms with Gasteiger partial charge in [0.05, 0.1) is 37.4 Å². The van der Waals surface area contributed by atoms with Crippen molar-refractivity contribution in [1.29, 1.82) is 0 Å². The first-order valence-electron chi connectivity index (χ1n) is 13.0. The summed E-state index contributed by atoms with van der Waals surface area (Å²) in [7, 11) is 1.60. The third-order valence-electron chi connectivity index (χ3n) is 6.37. The fraction of sp³-hybridized carbons (Fsp3) is 0.258. The molecule has 3 aromatic carbocycles. The minimum atomic E-state index is -0.719. The molecule has 0 spiro atoms. The van der Waals surface area contributed by atoms with E-state index in [9.17, 15) is 14.4 Å². The summed E-state index contributed by atoms with van der Waals surface area (Å²) in [6, 6.07) is 22.8. The minimum absolute atomic E-state index is 0.160. The number of carbonyl (C=O) groups is 3. The molecular formula is C31H33N3O5. The van der Waals surface area contributed by atoms with Crippen molar-refractivity contribution in [3.63, 3.8) is 0 Å². The number of urea groups is 1. The van der Waals surface area contributed by atoms with Gasteiger partial charge in [0.15, 0.2) is 0 Å². The number of esters is 1. The van der Waals surface area contributed by atoms with E-state index in [4.69, 9.17) is 9.47 Å². The van der Waals surface area contributed by atoms with Crippen LogP contribution < -0.4 is 15.4 Å². The number of hydrogen-bond acceptors (Lipinski definition) is 5. The molecule has 0 fully saturated rings. The SMILES string of the molecule is CCCN1C(=O)NC(c2ccc(NC(=O)Cc3ccc(OC)cc3)cc2)C(C(=O)OCC)=C1c1ccccc1. The third-order valence-corrected chi connectivity index (χ3v) is 6.37. The average Bonchev–Trinajstić information content (AvgIpc) is 2.95. The van der Waals surface area contributed by atoms with Crippen LogP contribution in [0.1, 0.15) is 43.0 Å². The number of carbonyl (C=O) groups excluding carboxylic acids is 3. The highest BCUT2D eigenvalue weighted by atomic mass is 16.5. The average molecular weight is 528 g/mol. The lowest BCUT2D eigenvalue weighted by molar-refractivity contribution is -0.139. The summed E-state index contributed by atoms with van der Waals surface area (Å²) in [4.78, 5) is 40.8. The fourth-order valence-corrected chi connectivity index (χ4v) is 4.57. The monoisotopic (exact) mass is 527 g/mol. The van der Waals surface area contributed by atoms with Gasteiger partial charge < -0.3 is 20.1 Å². The van der Waals surface area contributed by atoms with E-state index in [2.05, 4.69) is 10.6 Å². The van der Waals surface area contributed by atoms with E-state index in [-0.39, 0.29) is 25.0 Å². The van der Waals surface area contributed by atoms with Crippen LogP contribution in [-0.2, 0) is 20.7 Å². The maximum Gasteiger partial charge on any atom is 0.338 e. The Bertz CT molecular complexity index is 1330. The van der Waals surface area contributed by atoms with Gasteiger partial charge in [-0.1, -0.05) is 61.5 Å². The summed E-state index contributed by atoms with van der Waals surface area (Å²) in [5.41, 5.74) is 3.84. The van der Waals surface area contributed by atoms with E-state index in [0.717, 1.165) is 23.3 Å². The first kappa shape index (κ1) is 27.4. The number of amides is 3. The first-order valence-corrected chi connectivity index (χ1v) is 13.0. The highest BCUT2D eigenvalue weighted by Gasteiger charge is 2.38. The van der Waals surface area contributed by atoms with Gasteiger partial charge in [-0.2, -0.15) is 0 Å². The first-order chi connectivity index (χ1) is 18.9. The van der Waals surface area contributed by atoms with Crippen LogP contribution in [0, 0.1) is 0 Å². The number of nitrogens with one attached hydrogen (secondary N) is 2. The van der Waals surface area contributed by atoms with Crippen molar-refractivity contribution in [2.75, 3.05) is 25.6 Å². The predicted molar refractivity (Wildman–Crippen MR) is 150 cm³/mol. The molecule has 1 unspecified atom stereocenters. The van der Waals surface area contributed by atoms with Crippen molar-refractivity contribution in [2.45, 2.75) is 32.7 Å². The van der Waals surface area contributed by atoms with Gasteiger partial charge in [-0.15, -0.1) is 0 Å². The summed E-state index contributed by atoms with van der Waals surface area (Å²) >= 11 is 0. The molecule has 1 aliphatic heterocycles. The summed E-state index contributed by atoms with van der Waals surface area (Å²) in [5, 5.41) is 5.89. The van der Waals surface area contributed by atoms with Gasteiger partial charge in [0.2, 0.25) is 5.91 Å². The molecule has 1 heterocycles. The summed E-state index contributed by atoms with van der Waals surface area (Å²) in [6.07, 6.45) is 0.934. The summed E-state index contributed by atoms with van der Waals surface area (Å²) in [5.74, 6) is 0.0842. The van der Waals surface area contributed by atoms with Gasteiger partial charge >= 0.3 is 12.0 Å². The lowest BCUT2D eigenvalue weighted by Gasteiger charge is -2.36. The van der Waals surface area contributed by atoms with Crippen molar-refractivity contribution in [3.8, 4) is 5.75 Å². The lowest BCUT2D eigenvalue weighted by Crippen LogP contribution is -2.48. The summed E-state index contributed by atoms with van der Waals surface area (Å²) in [6.45, 7) is 4.39. The van der Waals surface area contributed by atoms with Gasteiger partial charge in [-0.05, 0) is 54.3 Å². The van der Waals surface area contributed by atoms with Gasteiger partial charge in [0.1, 0.15) is 5.75 Å². The van der Waals surface area contributed by atoms with Crippen LogP contribution in [0.25, 0.3) is 5.70 Å². The van der Waals surface area contributed by atoms with Crippen molar-refractivity contribution in [2.24, 2.45) is 0 Å². The number of methoxy groups -OCH3 is 1. The third kappa shape index (κ3) is 6.46. The Morgan fingerprint density at radius 3 is 2.26 bits per heavy atom. The standard InChI is InChI=1S/C31H33N3O5/c1-4-19-34-29(23-9-7-6-8-10-23)27(30(36)39-5-2)28(33-31(34)37)22-13-15-24(16-14-22)32-26(35)20-21-11-17-25(38-3)18-12-21/h6-18,28H,4-5,19-20H2,1-3H3,(H,32,35)(H,33,37). The molecule has 0 aliphatic carbocycles. The van der Waals surface area contributed by atoms with Crippen molar-refractivity contribution >= 4 is 29.3 Å². The molecule has 0 saturated heterocycles. The van der Waals surface area contributed by atoms with Crippen LogP contribution in [0.5, 0.6) is 5.75 Å². The van der Waals surface area contributed by atoms with E-state index in [0.29, 0.717) is 29.1 Å². The second-order valence-corrected chi connectivity index (χ2v) is 9.08. The smallest absolute Gasteiger partial charge is 0.338 e. The van der Waals surface area contributed by atoms with E-state index < -0.39 is 12.0 Å². The van der Waals surface area contributed by atoms with Gasteiger partial charge in [0.25, 0.3) is 0 Å². The molecule has 8 nitrogen and oxygen atoms in total. The maximum atomic E-state index is 13.3. The topological polar surface area (TPSA) is 97.0 Å². The number of hydrogen-bond donors (Lipinski definition) is 2. The molecule has 202 valence electrons. The molecule has 8 heteroatoms. The molecule has 4 rings (SSSR count). The molecule has 0 radical (unpaired) electrons. The molecule has 0 saturated carbocycles. The van der Waals surface area contributed by atoms with Gasteiger partial charge in [-0.25, -0.2) is 9.59 Å². The molecule has 1 atom stereocenters. The second kappa shape index (κ2) is 12.8. The Morgan fingerprint density at radius 1 is 0.949 bits per heavy atom. The highest BCUT2D eigenvalue weighted by molar-refractivity contribution is 6.04. The lowest BCUT2D eigenvalue weighted by atomic mass is 9.91. The molecule has 3 aromatic rings. The Labute approximate surface area is 228 Å². The molecule has 0 bridgehead atoms. The Morgan fingerprint density at radius 2 is 1.64 bits per heavy atom. The van der Waals surface area contributed by atoms with Crippen molar-refractivity contribution < 1.29 is 23.9 Å². The van der Waals surface area contributed by atoms with E-state index in [1.54, 1.807) is 43.2 Å². The van der Waals surface area contributed by atoms with Crippen LogP contribution >= 0.6 is 0 Å². The van der Waals surface area contributed by atoms with Crippen LogP contribution in [-0.4, -0.2) is 43.1 Å². The Hall–Kier alpha value is -4.59. The van der Waals surface area contributed by atoms with E-state index >= 15 is 0 Å². The molecule has 0 aromatic heterocycles. The Balaban J connectivity index is 1.63. The van der Waals surface area contributed by atoms with Crippen molar-refractivity contribution in [1.82, 2.24) is 10.2 Å². The maximum absolute atomic E-state index is 13.3.